The van der Waals surface area contributed by atoms with E-state index in [4.69, 9.17) is 14.7 Å². The summed E-state index contributed by atoms with van der Waals surface area (Å²) in [5.74, 6) is 3.62. The van der Waals surface area contributed by atoms with Crippen LogP contribution in [-0.4, -0.2) is 42.7 Å². The number of anilines is 2. The molecule has 0 spiro atoms. The molecule has 1 saturated carbocycles. The third-order valence-corrected chi connectivity index (χ3v) is 7.58. The molecule has 0 aliphatic heterocycles. The first-order valence-electron chi connectivity index (χ1n) is 13.6. The Bertz CT molecular complexity index is 1230. The van der Waals surface area contributed by atoms with E-state index < -0.39 is 0 Å². The number of benzene rings is 2. The molecule has 0 saturated heterocycles. The van der Waals surface area contributed by atoms with E-state index in [-0.39, 0.29) is 0 Å². The van der Waals surface area contributed by atoms with E-state index in [0.29, 0.717) is 30.5 Å². The molecule has 2 atom stereocenters. The highest BCUT2D eigenvalue weighted by Gasteiger charge is 2.24. The van der Waals surface area contributed by atoms with Crippen molar-refractivity contribution in [3.05, 3.63) is 84.1 Å². The van der Waals surface area contributed by atoms with E-state index in [2.05, 4.69) is 77.1 Å². The lowest BCUT2D eigenvalue weighted by Crippen LogP contribution is -2.40. The minimum atomic E-state index is 0.406. The molecule has 2 aliphatic rings. The van der Waals surface area contributed by atoms with Gasteiger partial charge in [0.05, 0.1) is 5.52 Å². The fourth-order valence-corrected chi connectivity index (χ4v) is 5.28. The minimum Gasteiger partial charge on any atom is -0.489 e. The van der Waals surface area contributed by atoms with Gasteiger partial charge in [-0.25, -0.2) is 4.98 Å². The molecule has 2 aliphatic carbocycles. The average molecular weight is 498 g/mol. The molecule has 0 amide bonds. The molecule has 6 heteroatoms. The van der Waals surface area contributed by atoms with Gasteiger partial charge in [0.25, 0.3) is 0 Å². The van der Waals surface area contributed by atoms with E-state index in [1.54, 1.807) is 0 Å². The number of rotatable bonds is 9. The lowest BCUT2D eigenvalue weighted by atomic mass is 9.87. The van der Waals surface area contributed by atoms with Crippen LogP contribution in [0, 0.1) is 11.8 Å². The van der Waals surface area contributed by atoms with Crippen LogP contribution in [0.2, 0.25) is 0 Å². The number of hydrogen-bond acceptors (Lipinski definition) is 6. The Morgan fingerprint density at radius 1 is 0.919 bits per heavy atom. The van der Waals surface area contributed by atoms with Crippen LogP contribution in [0.1, 0.15) is 38.2 Å². The summed E-state index contributed by atoms with van der Waals surface area (Å²) in [5, 5.41) is 8.56. The molecule has 194 valence electrons. The van der Waals surface area contributed by atoms with Gasteiger partial charge in [0, 0.05) is 38.1 Å². The molecule has 3 aromatic rings. The van der Waals surface area contributed by atoms with Crippen molar-refractivity contribution >= 4 is 22.7 Å². The lowest BCUT2D eigenvalue weighted by Gasteiger charge is -2.32. The van der Waals surface area contributed by atoms with Crippen LogP contribution in [-0.2, 0) is 11.3 Å². The highest BCUT2D eigenvalue weighted by molar-refractivity contribution is 5.90. The summed E-state index contributed by atoms with van der Waals surface area (Å²) in [6.07, 6.45) is 11.2. The number of aromatic nitrogens is 2. The van der Waals surface area contributed by atoms with E-state index in [1.807, 2.05) is 32.3 Å². The molecule has 1 fully saturated rings. The van der Waals surface area contributed by atoms with Crippen LogP contribution in [0.25, 0.3) is 10.9 Å². The highest BCUT2D eigenvalue weighted by Crippen LogP contribution is 2.28. The normalized spacial score (nSPS) is 23.5. The van der Waals surface area contributed by atoms with Crippen LogP contribution < -0.4 is 15.5 Å². The van der Waals surface area contributed by atoms with Gasteiger partial charge >= 0.3 is 0 Å². The lowest BCUT2D eigenvalue weighted by molar-refractivity contribution is 0.203. The average Bonchev–Trinajstić information content (AvgIpc) is 2.92. The summed E-state index contributed by atoms with van der Waals surface area (Å²) in [6.45, 7) is 3.88. The van der Waals surface area contributed by atoms with E-state index in [1.165, 1.54) is 5.56 Å². The number of nitrogens with zero attached hydrogens (tertiary/aromatic N) is 3. The summed E-state index contributed by atoms with van der Waals surface area (Å²) < 4.78 is 6.08. The number of fused-ring (bicyclic) bond motifs is 1. The quantitative estimate of drug-likeness (QED) is 0.382. The predicted octanol–water partition coefficient (Wildman–Crippen LogP) is 5.93. The van der Waals surface area contributed by atoms with Crippen molar-refractivity contribution in [2.75, 3.05) is 30.9 Å². The number of ether oxygens (including phenoxy) is 1. The van der Waals surface area contributed by atoms with Crippen molar-refractivity contribution in [2.45, 2.75) is 51.3 Å². The van der Waals surface area contributed by atoms with Gasteiger partial charge in [-0.3, -0.25) is 0 Å². The van der Waals surface area contributed by atoms with Crippen LogP contribution in [0.5, 0.6) is 0 Å². The second kappa shape index (κ2) is 11.8. The molecular formula is C31H39N5O. The first-order chi connectivity index (χ1) is 18.0. The zero-order valence-electron chi connectivity index (χ0n) is 22.2. The number of para-hydroxylation sites is 1. The minimum absolute atomic E-state index is 0.406. The van der Waals surface area contributed by atoms with Crippen molar-refractivity contribution < 1.29 is 4.74 Å². The summed E-state index contributed by atoms with van der Waals surface area (Å²) >= 11 is 0. The molecule has 5 rings (SSSR count). The molecule has 0 bridgehead atoms. The van der Waals surface area contributed by atoms with Crippen LogP contribution in [0.4, 0.5) is 11.8 Å². The second-order valence-corrected chi connectivity index (χ2v) is 10.6. The molecule has 1 aromatic heterocycles. The van der Waals surface area contributed by atoms with Gasteiger partial charge in [-0.15, -0.1) is 0 Å². The number of hydrogen-bond donors (Lipinski definition) is 2. The summed E-state index contributed by atoms with van der Waals surface area (Å²) in [5.41, 5.74) is 2.18. The van der Waals surface area contributed by atoms with E-state index in [0.717, 1.165) is 60.7 Å². The summed E-state index contributed by atoms with van der Waals surface area (Å²) in [6, 6.07) is 19.5. The Morgan fingerprint density at radius 2 is 1.65 bits per heavy atom. The maximum atomic E-state index is 6.08. The fourth-order valence-electron chi connectivity index (χ4n) is 5.28. The number of nitrogens with one attached hydrogen (secondary N) is 2. The Kier molecular flexibility index (Phi) is 8.05. The highest BCUT2D eigenvalue weighted by atomic mass is 16.5. The van der Waals surface area contributed by atoms with Crippen molar-refractivity contribution in [1.82, 2.24) is 15.3 Å². The van der Waals surface area contributed by atoms with Crippen molar-refractivity contribution in [1.29, 1.82) is 0 Å². The zero-order chi connectivity index (χ0) is 25.6. The molecule has 2 aromatic carbocycles. The topological polar surface area (TPSA) is 62.3 Å². The van der Waals surface area contributed by atoms with Gasteiger partial charge in [0.1, 0.15) is 18.2 Å². The third-order valence-electron chi connectivity index (χ3n) is 7.58. The molecule has 6 nitrogen and oxygen atoms in total. The smallest absolute Gasteiger partial charge is 0.225 e. The third kappa shape index (κ3) is 6.50. The molecule has 2 N–H and O–H groups in total. The Labute approximate surface area is 220 Å². The number of allylic oxidation sites excluding steroid dienone is 2. The van der Waals surface area contributed by atoms with Crippen molar-refractivity contribution in [2.24, 2.45) is 11.8 Å². The molecule has 1 heterocycles. The zero-order valence-corrected chi connectivity index (χ0v) is 22.2. The Morgan fingerprint density at radius 3 is 2.43 bits per heavy atom. The molecular weight excluding hydrogens is 458 g/mol. The second-order valence-electron chi connectivity index (χ2n) is 10.6. The van der Waals surface area contributed by atoms with Gasteiger partial charge in [-0.1, -0.05) is 55.5 Å². The fraction of sp³-hybridized carbons (Fsp3) is 0.419. The van der Waals surface area contributed by atoms with Gasteiger partial charge in [0.15, 0.2) is 0 Å². The maximum Gasteiger partial charge on any atom is 0.225 e. The summed E-state index contributed by atoms with van der Waals surface area (Å²) in [7, 11) is 4.07. The first kappa shape index (κ1) is 25.3. The Balaban J connectivity index is 1.11. The SMILES string of the molecule is CC1C=CC(OCc2ccccc2)=CC1CN[C@H]1CC[C@@H](Nc2nc(N(C)C)c3ccccc3n2)CC1. The van der Waals surface area contributed by atoms with Crippen LogP contribution in [0.15, 0.2) is 78.6 Å². The predicted molar refractivity (Wildman–Crippen MR) is 153 cm³/mol. The standard InChI is InChI=1S/C31H39N5O/c1-22-13-18-27(37-21-23-9-5-4-6-10-23)19-24(22)20-32-25-14-16-26(17-15-25)33-31-34-29-12-8-7-11-28(29)30(35-31)36(2)3/h4-13,18-19,22,24-26,32H,14-17,20-21H2,1-3H3,(H,33,34,35)/t22?,24?,25-,26+. The summed E-state index contributed by atoms with van der Waals surface area (Å²) in [4.78, 5) is 11.7. The van der Waals surface area contributed by atoms with Gasteiger partial charge in [-0.2, -0.15) is 4.98 Å². The van der Waals surface area contributed by atoms with Crippen molar-refractivity contribution in [3.63, 3.8) is 0 Å². The molecule has 37 heavy (non-hydrogen) atoms. The molecule has 2 unspecified atom stereocenters. The van der Waals surface area contributed by atoms with Gasteiger partial charge in [0.2, 0.25) is 5.95 Å². The van der Waals surface area contributed by atoms with Crippen LogP contribution in [0.3, 0.4) is 0 Å². The van der Waals surface area contributed by atoms with Gasteiger partial charge in [-0.05, 0) is 67.4 Å². The van der Waals surface area contributed by atoms with E-state index >= 15 is 0 Å². The maximum absolute atomic E-state index is 6.08. The largest absolute Gasteiger partial charge is 0.489 e. The van der Waals surface area contributed by atoms with Crippen LogP contribution >= 0.6 is 0 Å². The molecule has 0 radical (unpaired) electrons. The van der Waals surface area contributed by atoms with Crippen molar-refractivity contribution in [3.8, 4) is 0 Å². The first-order valence-corrected chi connectivity index (χ1v) is 13.6. The van der Waals surface area contributed by atoms with Gasteiger partial charge < -0.3 is 20.3 Å². The Hall–Kier alpha value is -3.38. The monoisotopic (exact) mass is 497 g/mol. The van der Waals surface area contributed by atoms with E-state index in [9.17, 15) is 0 Å².